The summed E-state index contributed by atoms with van der Waals surface area (Å²) >= 11 is 18.3. The Bertz CT molecular complexity index is 1510. The number of halogens is 3. The van der Waals surface area contributed by atoms with E-state index in [0.717, 1.165) is 11.1 Å². The van der Waals surface area contributed by atoms with Gasteiger partial charge in [0.1, 0.15) is 4.90 Å². The molecule has 2 aliphatic rings. The SMILES string of the molecule is O=C(C(=O)N1CCN(S(=O)(=O)c2cccc(Cl)c2Cl)CC1)N1CCN(C(c2ccccc2)c2ccc(Cl)cc2)CC1. The number of amides is 2. The Morgan fingerprint density at radius 3 is 1.76 bits per heavy atom. The van der Waals surface area contributed by atoms with Crippen LogP contribution < -0.4 is 0 Å². The standard InChI is InChI=1S/C29H29Cl3N4O4S/c30-23-11-9-22(10-12-23)27(21-5-2-1-3-6-21)33-13-15-34(16-14-33)28(37)29(38)35-17-19-36(20-18-35)41(39,40)25-8-4-7-24(31)26(25)32/h1-12,27H,13-20H2. The van der Waals surface area contributed by atoms with E-state index in [4.69, 9.17) is 34.8 Å². The number of benzene rings is 3. The molecule has 2 fully saturated rings. The normalized spacial score (nSPS) is 17.8. The van der Waals surface area contributed by atoms with E-state index in [1.165, 1.54) is 27.4 Å². The van der Waals surface area contributed by atoms with Gasteiger partial charge in [-0.15, -0.1) is 0 Å². The second-order valence-corrected chi connectivity index (χ2v) is 13.1. The molecule has 0 saturated carbocycles. The average molecular weight is 636 g/mol. The summed E-state index contributed by atoms with van der Waals surface area (Å²) in [4.78, 5) is 31.5. The van der Waals surface area contributed by atoms with Crippen molar-refractivity contribution in [2.24, 2.45) is 0 Å². The molecule has 2 amide bonds. The predicted octanol–water partition coefficient (Wildman–Crippen LogP) is 4.41. The first kappa shape index (κ1) is 29.8. The first-order valence-corrected chi connectivity index (χ1v) is 15.8. The maximum absolute atomic E-state index is 13.2. The lowest BCUT2D eigenvalue weighted by molar-refractivity contribution is -0.153. The molecule has 216 valence electrons. The highest BCUT2D eigenvalue weighted by Gasteiger charge is 2.36. The maximum Gasteiger partial charge on any atom is 0.312 e. The van der Waals surface area contributed by atoms with Gasteiger partial charge in [0.15, 0.2) is 0 Å². The van der Waals surface area contributed by atoms with Gasteiger partial charge in [0.05, 0.1) is 16.1 Å². The van der Waals surface area contributed by atoms with Crippen molar-refractivity contribution in [1.29, 1.82) is 0 Å². The fourth-order valence-corrected chi connectivity index (χ4v) is 7.59. The van der Waals surface area contributed by atoms with Gasteiger partial charge in [-0.1, -0.05) is 83.3 Å². The van der Waals surface area contributed by atoms with E-state index in [1.807, 2.05) is 42.5 Å². The number of hydrogen-bond donors (Lipinski definition) is 0. The molecule has 1 unspecified atom stereocenters. The van der Waals surface area contributed by atoms with Crippen molar-refractivity contribution >= 4 is 56.6 Å². The van der Waals surface area contributed by atoms with E-state index in [0.29, 0.717) is 31.2 Å². The maximum atomic E-state index is 13.2. The molecule has 5 rings (SSSR count). The van der Waals surface area contributed by atoms with Gasteiger partial charge in [-0.2, -0.15) is 4.31 Å². The van der Waals surface area contributed by atoms with Gasteiger partial charge in [0.2, 0.25) is 10.0 Å². The molecule has 0 aromatic heterocycles. The molecular weight excluding hydrogens is 607 g/mol. The number of carbonyl (C=O) groups excluding carboxylic acids is 2. The quantitative estimate of drug-likeness (QED) is 0.388. The van der Waals surface area contributed by atoms with Gasteiger partial charge in [0, 0.05) is 57.4 Å². The number of hydrogen-bond acceptors (Lipinski definition) is 5. The Hall–Kier alpha value is -2.66. The van der Waals surface area contributed by atoms with Crippen LogP contribution in [0.3, 0.4) is 0 Å². The number of rotatable bonds is 5. The van der Waals surface area contributed by atoms with Crippen LogP contribution in [0.15, 0.2) is 77.7 Å². The minimum absolute atomic E-state index is 0.00977. The van der Waals surface area contributed by atoms with Crippen LogP contribution in [0.4, 0.5) is 0 Å². The Kier molecular flexibility index (Phi) is 9.23. The molecule has 8 nitrogen and oxygen atoms in total. The van der Waals surface area contributed by atoms with Crippen molar-refractivity contribution in [1.82, 2.24) is 19.0 Å². The molecule has 3 aromatic rings. The van der Waals surface area contributed by atoms with E-state index in [2.05, 4.69) is 17.0 Å². The Balaban J connectivity index is 1.20. The third kappa shape index (κ3) is 6.40. The van der Waals surface area contributed by atoms with Crippen molar-refractivity contribution < 1.29 is 18.0 Å². The van der Waals surface area contributed by atoms with Crippen molar-refractivity contribution in [3.05, 3.63) is 99.0 Å². The van der Waals surface area contributed by atoms with E-state index in [9.17, 15) is 18.0 Å². The molecule has 3 aromatic carbocycles. The highest BCUT2D eigenvalue weighted by atomic mass is 35.5. The van der Waals surface area contributed by atoms with Gasteiger partial charge in [0.25, 0.3) is 0 Å². The molecule has 2 aliphatic heterocycles. The fraction of sp³-hybridized carbons (Fsp3) is 0.310. The van der Waals surface area contributed by atoms with E-state index in [-0.39, 0.29) is 47.2 Å². The minimum atomic E-state index is -3.90. The number of sulfonamides is 1. The summed E-state index contributed by atoms with van der Waals surface area (Å²) < 4.78 is 27.5. The summed E-state index contributed by atoms with van der Waals surface area (Å²) in [5.41, 5.74) is 2.24. The summed E-state index contributed by atoms with van der Waals surface area (Å²) in [6.07, 6.45) is 0. The predicted molar refractivity (Wildman–Crippen MR) is 160 cm³/mol. The lowest BCUT2D eigenvalue weighted by Crippen LogP contribution is -2.57. The Labute approximate surface area is 255 Å². The first-order valence-electron chi connectivity index (χ1n) is 13.2. The summed E-state index contributed by atoms with van der Waals surface area (Å²) in [5.74, 6) is -1.19. The van der Waals surface area contributed by atoms with Gasteiger partial charge >= 0.3 is 11.8 Å². The molecule has 2 saturated heterocycles. The third-order valence-electron chi connectivity index (χ3n) is 7.51. The van der Waals surface area contributed by atoms with Gasteiger partial charge in [-0.05, 0) is 35.4 Å². The molecule has 1 atom stereocenters. The topological polar surface area (TPSA) is 81.2 Å². The molecule has 12 heteroatoms. The van der Waals surface area contributed by atoms with Crippen LogP contribution in [0, 0.1) is 0 Å². The molecule has 2 heterocycles. The summed E-state index contributed by atoms with van der Waals surface area (Å²) in [7, 11) is -3.90. The van der Waals surface area contributed by atoms with Crippen molar-refractivity contribution in [3.8, 4) is 0 Å². The highest BCUT2D eigenvalue weighted by Crippen LogP contribution is 2.32. The van der Waals surface area contributed by atoms with Crippen molar-refractivity contribution in [3.63, 3.8) is 0 Å². The van der Waals surface area contributed by atoms with Crippen molar-refractivity contribution in [2.75, 3.05) is 52.4 Å². The van der Waals surface area contributed by atoms with Crippen LogP contribution in [0.2, 0.25) is 15.1 Å². The van der Waals surface area contributed by atoms with Crippen LogP contribution in [-0.2, 0) is 19.6 Å². The smallest absolute Gasteiger partial charge is 0.312 e. The van der Waals surface area contributed by atoms with Crippen LogP contribution in [0.1, 0.15) is 17.2 Å². The summed E-state index contributed by atoms with van der Waals surface area (Å²) in [5, 5.41) is 0.782. The lowest BCUT2D eigenvalue weighted by Gasteiger charge is -2.40. The molecule has 0 aliphatic carbocycles. The Morgan fingerprint density at radius 1 is 0.634 bits per heavy atom. The fourth-order valence-electron chi connectivity index (χ4n) is 5.30. The van der Waals surface area contributed by atoms with Crippen LogP contribution in [-0.4, -0.2) is 91.6 Å². The minimum Gasteiger partial charge on any atom is -0.332 e. The molecule has 0 bridgehead atoms. The third-order valence-corrected chi connectivity index (χ3v) is 10.6. The van der Waals surface area contributed by atoms with E-state index < -0.39 is 21.8 Å². The van der Waals surface area contributed by atoms with Gasteiger partial charge in [-0.25, -0.2) is 8.42 Å². The molecule has 0 radical (unpaired) electrons. The molecule has 0 spiro atoms. The largest absolute Gasteiger partial charge is 0.332 e. The molecular formula is C29H29Cl3N4O4S. The monoisotopic (exact) mass is 634 g/mol. The highest BCUT2D eigenvalue weighted by molar-refractivity contribution is 7.89. The molecule has 0 N–H and O–H groups in total. The van der Waals surface area contributed by atoms with Crippen molar-refractivity contribution in [2.45, 2.75) is 10.9 Å². The zero-order chi connectivity index (χ0) is 29.1. The molecule has 41 heavy (non-hydrogen) atoms. The van der Waals surface area contributed by atoms with E-state index >= 15 is 0 Å². The summed E-state index contributed by atoms with van der Waals surface area (Å²) in [6, 6.07) is 22.4. The zero-order valence-electron chi connectivity index (χ0n) is 22.1. The second-order valence-electron chi connectivity index (χ2n) is 9.94. The second kappa shape index (κ2) is 12.7. The van der Waals surface area contributed by atoms with Gasteiger partial charge in [-0.3, -0.25) is 14.5 Å². The number of carbonyl (C=O) groups is 2. The lowest BCUT2D eigenvalue weighted by atomic mass is 9.96. The number of piperazine rings is 2. The van der Waals surface area contributed by atoms with Crippen LogP contribution >= 0.6 is 34.8 Å². The van der Waals surface area contributed by atoms with E-state index in [1.54, 1.807) is 4.90 Å². The first-order chi connectivity index (χ1) is 19.7. The average Bonchev–Trinajstić information content (AvgIpc) is 3.00. The van der Waals surface area contributed by atoms with Crippen LogP contribution in [0.5, 0.6) is 0 Å². The summed E-state index contributed by atoms with van der Waals surface area (Å²) in [6.45, 7) is 2.31. The zero-order valence-corrected chi connectivity index (χ0v) is 25.2. The number of nitrogens with zero attached hydrogens (tertiary/aromatic N) is 4. The van der Waals surface area contributed by atoms with Crippen LogP contribution in [0.25, 0.3) is 0 Å². The Morgan fingerprint density at radius 2 is 1.17 bits per heavy atom. The van der Waals surface area contributed by atoms with Gasteiger partial charge < -0.3 is 9.80 Å².